The summed E-state index contributed by atoms with van der Waals surface area (Å²) in [7, 11) is 0. The molecule has 1 aromatic carbocycles. The van der Waals surface area contributed by atoms with Gasteiger partial charge in [0.1, 0.15) is 5.60 Å². The summed E-state index contributed by atoms with van der Waals surface area (Å²) in [6.45, 7) is 7.16. The van der Waals surface area contributed by atoms with Gasteiger partial charge in [0.15, 0.2) is 0 Å². The van der Waals surface area contributed by atoms with Gasteiger partial charge in [0, 0.05) is 4.47 Å². The Labute approximate surface area is 122 Å². The lowest BCUT2D eigenvalue weighted by atomic mass is 10.1. The summed E-state index contributed by atoms with van der Waals surface area (Å²) < 4.78 is 5.97. The highest BCUT2D eigenvalue weighted by Crippen LogP contribution is 2.25. The molecule has 0 aliphatic rings. The molecule has 1 atom stereocenters. The van der Waals surface area contributed by atoms with E-state index in [1.54, 1.807) is 6.92 Å². The van der Waals surface area contributed by atoms with E-state index in [4.69, 9.17) is 4.74 Å². The predicted molar refractivity (Wildman–Crippen MR) is 79.4 cm³/mol. The fourth-order valence-electron chi connectivity index (χ4n) is 1.55. The van der Waals surface area contributed by atoms with Crippen LogP contribution in [0.3, 0.4) is 0 Å². The average molecular weight is 330 g/mol. The average Bonchev–Trinajstić information content (AvgIpc) is 2.19. The van der Waals surface area contributed by atoms with Gasteiger partial charge in [-0.15, -0.1) is 0 Å². The van der Waals surface area contributed by atoms with E-state index in [0.717, 1.165) is 10.0 Å². The van der Waals surface area contributed by atoms with E-state index in [0.29, 0.717) is 12.1 Å². The molecule has 0 spiro atoms. The number of rotatable bonds is 3. The normalized spacial score (nSPS) is 12.9. The molecule has 5 heteroatoms. The fraction of sp³-hybridized carbons (Fsp3) is 0.500. The molecule has 1 amide bonds. The summed E-state index contributed by atoms with van der Waals surface area (Å²) in [5.41, 5.74) is 1.05. The van der Waals surface area contributed by atoms with Crippen LogP contribution in [0, 0.1) is 0 Å². The summed E-state index contributed by atoms with van der Waals surface area (Å²) >= 11 is 3.37. The highest BCUT2D eigenvalue weighted by molar-refractivity contribution is 9.10. The maximum absolute atomic E-state index is 11.7. The minimum absolute atomic E-state index is 0.421. The van der Waals surface area contributed by atoms with E-state index >= 15 is 0 Å². The Balaban J connectivity index is 2.79. The molecule has 0 radical (unpaired) electrons. The number of benzene rings is 1. The Morgan fingerprint density at radius 3 is 2.63 bits per heavy atom. The lowest BCUT2D eigenvalue weighted by molar-refractivity contribution is 0.0636. The smallest absolute Gasteiger partial charge is 0.412 e. The van der Waals surface area contributed by atoms with Gasteiger partial charge in [-0.25, -0.2) is 4.79 Å². The number of amides is 1. The number of halogens is 1. The lowest BCUT2D eigenvalue weighted by Crippen LogP contribution is -2.27. The topological polar surface area (TPSA) is 58.6 Å². The Morgan fingerprint density at radius 1 is 1.47 bits per heavy atom. The summed E-state index contributed by atoms with van der Waals surface area (Å²) in [6.07, 6.45) is -0.381. The zero-order valence-electron chi connectivity index (χ0n) is 11.7. The van der Waals surface area contributed by atoms with Crippen molar-refractivity contribution < 1.29 is 14.6 Å². The SMILES string of the molecule is CC(O)Cc1ccc(Br)c(NC(=O)OC(C)(C)C)c1. The van der Waals surface area contributed by atoms with Crippen molar-refractivity contribution in [2.75, 3.05) is 5.32 Å². The van der Waals surface area contributed by atoms with Gasteiger partial charge in [-0.2, -0.15) is 0 Å². The van der Waals surface area contributed by atoms with Crippen LogP contribution < -0.4 is 5.32 Å². The number of aliphatic hydroxyl groups excluding tert-OH is 1. The highest BCUT2D eigenvalue weighted by Gasteiger charge is 2.17. The first-order valence-corrected chi connectivity index (χ1v) is 6.93. The van der Waals surface area contributed by atoms with Crippen molar-refractivity contribution in [2.45, 2.75) is 45.8 Å². The zero-order chi connectivity index (χ0) is 14.6. The van der Waals surface area contributed by atoms with Gasteiger partial charge in [-0.3, -0.25) is 5.32 Å². The number of hydrogen-bond acceptors (Lipinski definition) is 3. The number of carbonyl (C=O) groups is 1. The fourth-order valence-corrected chi connectivity index (χ4v) is 1.90. The van der Waals surface area contributed by atoms with Crippen molar-refractivity contribution >= 4 is 27.7 Å². The van der Waals surface area contributed by atoms with E-state index in [-0.39, 0.29) is 0 Å². The van der Waals surface area contributed by atoms with Crippen LogP contribution in [0.4, 0.5) is 10.5 Å². The molecule has 2 N–H and O–H groups in total. The first-order chi connectivity index (χ1) is 8.67. The second-order valence-corrected chi connectivity index (χ2v) is 6.35. The molecule has 0 fully saturated rings. The van der Waals surface area contributed by atoms with Crippen LogP contribution in [0.2, 0.25) is 0 Å². The standard InChI is InChI=1S/C14H20BrNO3/c1-9(17)7-10-5-6-11(15)12(8-10)16-13(18)19-14(2,3)4/h5-6,8-9,17H,7H2,1-4H3,(H,16,18). The predicted octanol–water partition coefficient (Wildman–Crippen LogP) is 3.72. The van der Waals surface area contributed by atoms with Crippen molar-refractivity contribution in [1.82, 2.24) is 0 Å². The molecule has 106 valence electrons. The Kier molecular flexibility index (Phi) is 5.38. The minimum Gasteiger partial charge on any atom is -0.444 e. The third-order valence-electron chi connectivity index (χ3n) is 2.20. The van der Waals surface area contributed by atoms with E-state index in [2.05, 4.69) is 21.2 Å². The molecule has 1 unspecified atom stereocenters. The van der Waals surface area contributed by atoms with Crippen LogP contribution in [0.5, 0.6) is 0 Å². The summed E-state index contributed by atoms with van der Waals surface area (Å²) in [5.74, 6) is 0. The van der Waals surface area contributed by atoms with Crippen molar-refractivity contribution in [2.24, 2.45) is 0 Å². The van der Waals surface area contributed by atoms with Gasteiger partial charge in [-0.1, -0.05) is 6.07 Å². The van der Waals surface area contributed by atoms with Gasteiger partial charge in [0.05, 0.1) is 11.8 Å². The number of hydrogen-bond donors (Lipinski definition) is 2. The molecule has 19 heavy (non-hydrogen) atoms. The first-order valence-electron chi connectivity index (χ1n) is 6.14. The van der Waals surface area contributed by atoms with E-state index in [1.165, 1.54) is 0 Å². The molecule has 1 rings (SSSR count). The van der Waals surface area contributed by atoms with E-state index < -0.39 is 17.8 Å². The molecule has 0 aliphatic carbocycles. The molecule has 0 aliphatic heterocycles. The highest BCUT2D eigenvalue weighted by atomic mass is 79.9. The molecule has 1 aromatic rings. The van der Waals surface area contributed by atoms with Crippen LogP contribution in [0.25, 0.3) is 0 Å². The van der Waals surface area contributed by atoms with Gasteiger partial charge < -0.3 is 9.84 Å². The van der Waals surface area contributed by atoms with E-state index in [9.17, 15) is 9.90 Å². The number of nitrogens with one attached hydrogen (secondary N) is 1. The van der Waals surface area contributed by atoms with Crippen LogP contribution in [0.1, 0.15) is 33.3 Å². The Bertz CT molecular complexity index is 452. The Hall–Kier alpha value is -1.07. The molecule has 0 heterocycles. The van der Waals surface area contributed by atoms with Crippen LogP contribution in [-0.4, -0.2) is 22.9 Å². The largest absolute Gasteiger partial charge is 0.444 e. The third-order valence-corrected chi connectivity index (χ3v) is 2.89. The molecule has 0 aromatic heterocycles. The van der Waals surface area contributed by atoms with Crippen molar-refractivity contribution in [3.8, 4) is 0 Å². The lowest BCUT2D eigenvalue weighted by Gasteiger charge is -2.20. The summed E-state index contributed by atoms with van der Waals surface area (Å²) in [4.78, 5) is 11.7. The van der Waals surface area contributed by atoms with E-state index in [1.807, 2.05) is 39.0 Å². The first kappa shape index (κ1) is 16.0. The van der Waals surface area contributed by atoms with Crippen molar-refractivity contribution in [3.05, 3.63) is 28.2 Å². The second-order valence-electron chi connectivity index (χ2n) is 5.49. The monoisotopic (exact) mass is 329 g/mol. The molecule has 0 bridgehead atoms. The number of aliphatic hydroxyl groups is 1. The zero-order valence-corrected chi connectivity index (χ0v) is 13.2. The molecular formula is C14H20BrNO3. The van der Waals surface area contributed by atoms with Crippen molar-refractivity contribution in [3.63, 3.8) is 0 Å². The van der Waals surface area contributed by atoms with Gasteiger partial charge >= 0.3 is 6.09 Å². The molecule has 4 nitrogen and oxygen atoms in total. The molecular weight excluding hydrogens is 310 g/mol. The van der Waals surface area contributed by atoms with Crippen LogP contribution >= 0.6 is 15.9 Å². The summed E-state index contributed by atoms with van der Waals surface area (Å²) in [5, 5.41) is 12.1. The number of anilines is 1. The van der Waals surface area contributed by atoms with Crippen LogP contribution in [-0.2, 0) is 11.2 Å². The second kappa shape index (κ2) is 6.39. The van der Waals surface area contributed by atoms with Crippen LogP contribution in [0.15, 0.2) is 22.7 Å². The number of ether oxygens (including phenoxy) is 1. The molecule has 0 saturated heterocycles. The third kappa shape index (κ3) is 6.07. The van der Waals surface area contributed by atoms with Gasteiger partial charge in [0.25, 0.3) is 0 Å². The molecule has 0 saturated carbocycles. The van der Waals surface area contributed by atoms with Crippen molar-refractivity contribution in [1.29, 1.82) is 0 Å². The van der Waals surface area contributed by atoms with Gasteiger partial charge in [-0.05, 0) is 67.7 Å². The summed E-state index contributed by atoms with van der Waals surface area (Å²) in [6, 6.07) is 5.56. The quantitative estimate of drug-likeness (QED) is 0.888. The van der Waals surface area contributed by atoms with Gasteiger partial charge in [0.2, 0.25) is 0 Å². The maximum atomic E-state index is 11.7. The Morgan fingerprint density at radius 2 is 2.11 bits per heavy atom. The number of carbonyl (C=O) groups excluding carboxylic acids is 1. The minimum atomic E-state index is -0.534. The maximum Gasteiger partial charge on any atom is 0.412 e.